The third kappa shape index (κ3) is 4.54. The second-order valence-electron chi connectivity index (χ2n) is 10.1. The van der Waals surface area contributed by atoms with Gasteiger partial charge in [0, 0.05) is 37.4 Å². The zero-order chi connectivity index (χ0) is 23.7. The summed E-state index contributed by atoms with van der Waals surface area (Å²) in [5, 5.41) is 22.1. The van der Waals surface area contributed by atoms with Gasteiger partial charge in [-0.15, -0.1) is 10.2 Å². The topological polar surface area (TPSA) is 77.3 Å². The molecule has 3 aliphatic rings. The van der Waals surface area contributed by atoms with Gasteiger partial charge >= 0.3 is 0 Å². The summed E-state index contributed by atoms with van der Waals surface area (Å²) in [6, 6.07) is 10.6. The fraction of sp³-hybridized carbons (Fsp3) is 0.577. The molecule has 1 atom stereocenters. The summed E-state index contributed by atoms with van der Waals surface area (Å²) >= 11 is 6.47. The second-order valence-corrected chi connectivity index (χ2v) is 10.5. The van der Waals surface area contributed by atoms with Gasteiger partial charge in [-0.05, 0) is 88.2 Å². The zero-order valence-electron chi connectivity index (χ0n) is 20.1. The van der Waals surface area contributed by atoms with Crippen molar-refractivity contribution in [2.75, 3.05) is 42.5 Å². The number of hydrogen-bond acceptors (Lipinski definition) is 7. The number of piperidine rings is 2. The first-order valence-corrected chi connectivity index (χ1v) is 12.8. The Kier molecular flexibility index (Phi) is 6.54. The van der Waals surface area contributed by atoms with E-state index in [1.165, 1.54) is 6.42 Å². The first-order chi connectivity index (χ1) is 16.5. The Morgan fingerprint density at radius 1 is 1.15 bits per heavy atom. The molecule has 0 unspecified atom stereocenters. The van der Waals surface area contributed by atoms with Gasteiger partial charge in [-0.25, -0.2) is 0 Å². The monoisotopic (exact) mass is 480 g/mol. The van der Waals surface area contributed by atoms with Crippen LogP contribution in [-0.2, 0) is 0 Å². The Hall–Kier alpha value is -2.56. The molecule has 34 heavy (non-hydrogen) atoms. The molecule has 1 N–H and O–H groups in total. The molecule has 1 spiro atoms. The minimum atomic E-state index is 0.234. The summed E-state index contributed by atoms with van der Waals surface area (Å²) < 4.78 is 6.01. The molecule has 180 valence electrons. The number of benzene rings is 1. The Morgan fingerprint density at radius 2 is 1.91 bits per heavy atom. The Bertz CT molecular complexity index is 1050. The van der Waals surface area contributed by atoms with Crippen LogP contribution in [-0.4, -0.2) is 55.1 Å². The molecular weight excluding hydrogens is 448 g/mol. The van der Waals surface area contributed by atoms with Gasteiger partial charge < -0.3 is 19.9 Å². The smallest absolute Gasteiger partial charge is 0.233 e. The van der Waals surface area contributed by atoms with Crippen LogP contribution >= 0.6 is 11.6 Å². The highest BCUT2D eigenvalue weighted by molar-refractivity contribution is 6.32. The number of ether oxygens (including phenoxy) is 1. The number of anilines is 2. The van der Waals surface area contributed by atoms with Crippen molar-refractivity contribution < 1.29 is 4.74 Å². The molecule has 3 aliphatic heterocycles. The maximum Gasteiger partial charge on any atom is 0.233 e. The molecule has 8 heteroatoms. The molecule has 1 aromatic carbocycles. The van der Waals surface area contributed by atoms with Crippen LogP contribution in [0.4, 0.5) is 11.5 Å². The number of rotatable bonds is 4. The number of nitriles is 1. The average molecular weight is 481 g/mol. The summed E-state index contributed by atoms with van der Waals surface area (Å²) in [6.07, 6.45) is 5.70. The van der Waals surface area contributed by atoms with Crippen LogP contribution < -0.4 is 19.9 Å². The molecule has 2 aromatic rings. The average Bonchev–Trinajstić information content (AvgIpc) is 3.17. The van der Waals surface area contributed by atoms with Crippen LogP contribution in [0.25, 0.3) is 0 Å². The van der Waals surface area contributed by atoms with Crippen molar-refractivity contribution in [3.05, 3.63) is 40.4 Å². The second kappa shape index (κ2) is 9.59. The number of aromatic nitrogens is 2. The molecular formula is C26H33ClN6O. The number of halogens is 1. The first-order valence-electron chi connectivity index (χ1n) is 12.4. The minimum absolute atomic E-state index is 0.234. The van der Waals surface area contributed by atoms with Gasteiger partial charge in [0.15, 0.2) is 5.82 Å². The Morgan fingerprint density at radius 3 is 2.59 bits per heavy atom. The Labute approximate surface area is 207 Å². The van der Waals surface area contributed by atoms with E-state index in [1.807, 2.05) is 25.1 Å². The van der Waals surface area contributed by atoms with Crippen LogP contribution in [0.3, 0.4) is 0 Å². The predicted octanol–water partition coefficient (Wildman–Crippen LogP) is 4.33. The predicted molar refractivity (Wildman–Crippen MR) is 135 cm³/mol. The van der Waals surface area contributed by atoms with E-state index in [4.69, 9.17) is 16.3 Å². The van der Waals surface area contributed by atoms with Gasteiger partial charge in [0.2, 0.25) is 5.88 Å². The van der Waals surface area contributed by atoms with E-state index >= 15 is 0 Å². The summed E-state index contributed by atoms with van der Waals surface area (Å²) in [7, 11) is 0. The number of hydrogen-bond donors (Lipinski definition) is 1. The molecule has 0 aliphatic carbocycles. The number of nitrogens with zero attached hydrogens (tertiary/aromatic N) is 5. The molecule has 0 radical (unpaired) electrons. The minimum Gasteiger partial charge on any atom is -0.473 e. The van der Waals surface area contributed by atoms with Crippen LogP contribution in [0.1, 0.15) is 50.2 Å². The third-order valence-electron chi connectivity index (χ3n) is 7.90. The molecule has 3 saturated heterocycles. The van der Waals surface area contributed by atoms with E-state index in [9.17, 15) is 5.26 Å². The molecule has 3 fully saturated rings. The molecule has 4 heterocycles. The van der Waals surface area contributed by atoms with Gasteiger partial charge in [0.05, 0.1) is 10.6 Å². The van der Waals surface area contributed by atoms with Gasteiger partial charge in [-0.1, -0.05) is 11.6 Å². The van der Waals surface area contributed by atoms with Crippen molar-refractivity contribution >= 4 is 23.1 Å². The van der Waals surface area contributed by atoms with Crippen LogP contribution in [0, 0.1) is 23.7 Å². The highest BCUT2D eigenvalue weighted by Gasteiger charge is 2.44. The van der Waals surface area contributed by atoms with Crippen molar-refractivity contribution in [2.45, 2.75) is 58.1 Å². The van der Waals surface area contributed by atoms with E-state index in [-0.39, 0.29) is 6.10 Å². The van der Waals surface area contributed by atoms with E-state index < -0.39 is 0 Å². The number of nitrogens with one attached hydrogen (secondary N) is 1. The maximum absolute atomic E-state index is 9.29. The van der Waals surface area contributed by atoms with Crippen molar-refractivity contribution in [1.29, 1.82) is 5.26 Å². The summed E-state index contributed by atoms with van der Waals surface area (Å²) in [4.78, 5) is 4.84. The van der Waals surface area contributed by atoms with E-state index in [2.05, 4.69) is 44.4 Å². The van der Waals surface area contributed by atoms with Gasteiger partial charge in [0.25, 0.3) is 0 Å². The highest BCUT2D eigenvalue weighted by Crippen LogP contribution is 2.46. The molecule has 1 aromatic heterocycles. The van der Waals surface area contributed by atoms with Crippen LogP contribution in [0.2, 0.25) is 5.02 Å². The summed E-state index contributed by atoms with van der Waals surface area (Å²) in [6.45, 7) is 9.32. The molecule has 0 amide bonds. The molecule has 5 rings (SSSR count). The van der Waals surface area contributed by atoms with E-state index in [0.717, 1.165) is 75.5 Å². The lowest BCUT2D eigenvalue weighted by atomic mass is 9.77. The highest BCUT2D eigenvalue weighted by atomic mass is 35.5. The quantitative estimate of drug-likeness (QED) is 0.697. The standard InChI is InChI=1S/C26H33ClN6O/c1-18-15-26(17-33(18)22-4-3-20(16-28)25(27)19(22)2)9-13-32(14-10-26)23-5-6-24(31-30-23)34-21-7-11-29-12-8-21/h3-6,18,21,29H,7-15,17H2,1-2H3/t18-/m0/s1. The van der Waals surface area contributed by atoms with Gasteiger partial charge in [-0.2, -0.15) is 5.26 Å². The maximum atomic E-state index is 9.29. The largest absolute Gasteiger partial charge is 0.473 e. The van der Waals surface area contributed by atoms with Crippen LogP contribution in [0.15, 0.2) is 24.3 Å². The Balaban J connectivity index is 1.21. The molecule has 7 nitrogen and oxygen atoms in total. The van der Waals surface area contributed by atoms with E-state index in [0.29, 0.717) is 27.9 Å². The van der Waals surface area contributed by atoms with Crippen molar-refractivity contribution in [1.82, 2.24) is 15.5 Å². The normalized spacial score (nSPS) is 22.7. The SMILES string of the molecule is Cc1c(N2CC3(CCN(c4ccc(OC5CCNCC5)nn4)CC3)C[C@@H]2C)ccc(C#N)c1Cl. The van der Waals surface area contributed by atoms with Crippen LogP contribution in [0.5, 0.6) is 5.88 Å². The lowest BCUT2D eigenvalue weighted by molar-refractivity contribution is 0.154. The van der Waals surface area contributed by atoms with Gasteiger partial charge in [-0.3, -0.25) is 0 Å². The zero-order valence-corrected chi connectivity index (χ0v) is 20.8. The van der Waals surface area contributed by atoms with Crippen molar-refractivity contribution in [3.8, 4) is 11.9 Å². The van der Waals surface area contributed by atoms with Crippen molar-refractivity contribution in [3.63, 3.8) is 0 Å². The fourth-order valence-electron chi connectivity index (χ4n) is 5.91. The lowest BCUT2D eigenvalue weighted by Gasteiger charge is -2.39. The molecule has 0 bridgehead atoms. The summed E-state index contributed by atoms with van der Waals surface area (Å²) in [5.41, 5.74) is 3.01. The van der Waals surface area contributed by atoms with E-state index in [1.54, 1.807) is 0 Å². The summed E-state index contributed by atoms with van der Waals surface area (Å²) in [5.74, 6) is 1.56. The fourth-order valence-corrected chi connectivity index (χ4v) is 6.12. The molecule has 0 saturated carbocycles. The van der Waals surface area contributed by atoms with Gasteiger partial charge in [0.1, 0.15) is 12.2 Å². The lowest BCUT2D eigenvalue weighted by Crippen LogP contribution is -2.42. The first kappa shape index (κ1) is 23.2. The third-order valence-corrected chi connectivity index (χ3v) is 8.39. The van der Waals surface area contributed by atoms with Crippen molar-refractivity contribution in [2.24, 2.45) is 5.41 Å².